The van der Waals surface area contributed by atoms with Crippen molar-refractivity contribution in [3.63, 3.8) is 0 Å². The zero-order valence-corrected chi connectivity index (χ0v) is 24.9. The topological polar surface area (TPSA) is 90.6 Å². The molecule has 2 amide bonds. The van der Waals surface area contributed by atoms with Crippen molar-refractivity contribution >= 4 is 22.8 Å². The Labute approximate surface area is 243 Å². The summed E-state index contributed by atoms with van der Waals surface area (Å²) >= 11 is 0. The summed E-state index contributed by atoms with van der Waals surface area (Å²) in [5.74, 6) is 2.57. The molecule has 0 bridgehead atoms. The minimum atomic E-state index is 0.0707. The van der Waals surface area contributed by atoms with Crippen molar-refractivity contribution in [2.75, 3.05) is 32.8 Å². The predicted octanol–water partition coefficient (Wildman–Crippen LogP) is 5.10. The number of ether oxygens (including phenoxy) is 1. The van der Waals surface area contributed by atoms with Gasteiger partial charge in [0.15, 0.2) is 0 Å². The van der Waals surface area contributed by atoms with E-state index in [1.807, 2.05) is 11.0 Å². The molecule has 8 heteroatoms. The maximum atomic E-state index is 13.2. The molecule has 5 rings (SSSR count). The fraction of sp³-hybridized carbons (Fsp3) is 0.545. The zero-order chi connectivity index (χ0) is 28.8. The van der Waals surface area contributed by atoms with Crippen LogP contribution in [0.25, 0.3) is 11.0 Å². The molecule has 3 heterocycles. The number of likely N-dealkylation sites (tertiary alicyclic amines) is 1. The van der Waals surface area contributed by atoms with Gasteiger partial charge in [0.05, 0.1) is 24.2 Å². The van der Waals surface area contributed by atoms with Crippen molar-refractivity contribution in [1.82, 2.24) is 25.1 Å². The number of amides is 2. The van der Waals surface area contributed by atoms with Crippen LogP contribution in [0, 0.1) is 6.92 Å². The van der Waals surface area contributed by atoms with E-state index < -0.39 is 0 Å². The third-order valence-electron chi connectivity index (χ3n) is 8.49. The highest BCUT2D eigenvalue weighted by atomic mass is 16.5. The van der Waals surface area contributed by atoms with Gasteiger partial charge >= 0.3 is 0 Å². The summed E-state index contributed by atoms with van der Waals surface area (Å²) in [6.45, 7) is 10.2. The molecule has 2 N–H and O–H groups in total. The third-order valence-corrected chi connectivity index (χ3v) is 8.49. The van der Waals surface area contributed by atoms with E-state index in [1.165, 1.54) is 5.56 Å². The second-order valence-corrected chi connectivity index (χ2v) is 12.0. The minimum Gasteiger partial charge on any atom is -0.493 e. The summed E-state index contributed by atoms with van der Waals surface area (Å²) in [5.41, 5.74) is 5.54. The molecule has 220 valence electrons. The summed E-state index contributed by atoms with van der Waals surface area (Å²) in [4.78, 5) is 38.2. The van der Waals surface area contributed by atoms with Crippen molar-refractivity contribution < 1.29 is 14.3 Å². The van der Waals surface area contributed by atoms with Crippen LogP contribution in [0.1, 0.15) is 80.8 Å². The monoisotopic (exact) mass is 559 g/mol. The number of nitrogens with zero attached hydrogens (tertiary/aromatic N) is 3. The van der Waals surface area contributed by atoms with Crippen molar-refractivity contribution in [3.05, 3.63) is 58.9 Å². The Morgan fingerprint density at radius 1 is 1.07 bits per heavy atom. The lowest BCUT2D eigenvalue weighted by Crippen LogP contribution is -2.40. The lowest BCUT2D eigenvalue weighted by atomic mass is 9.95. The van der Waals surface area contributed by atoms with E-state index in [9.17, 15) is 9.59 Å². The molecule has 0 unspecified atom stereocenters. The highest BCUT2D eigenvalue weighted by molar-refractivity contribution is 5.78. The van der Waals surface area contributed by atoms with E-state index in [0.717, 1.165) is 78.9 Å². The number of aromatic nitrogens is 2. The van der Waals surface area contributed by atoms with Gasteiger partial charge in [0.1, 0.15) is 11.6 Å². The van der Waals surface area contributed by atoms with Gasteiger partial charge in [0.2, 0.25) is 11.8 Å². The van der Waals surface area contributed by atoms with Crippen LogP contribution in [-0.2, 0) is 22.6 Å². The number of H-pyrrole nitrogens is 1. The Morgan fingerprint density at radius 3 is 2.71 bits per heavy atom. The summed E-state index contributed by atoms with van der Waals surface area (Å²) < 4.78 is 6.19. The van der Waals surface area contributed by atoms with Gasteiger partial charge in [0.25, 0.3) is 0 Å². The number of rotatable bonds is 5. The number of fused-ring (bicyclic) bond motifs is 2. The summed E-state index contributed by atoms with van der Waals surface area (Å²) in [5, 5.41) is 3.06. The van der Waals surface area contributed by atoms with E-state index in [1.54, 1.807) is 0 Å². The molecule has 0 aliphatic carbocycles. The van der Waals surface area contributed by atoms with Crippen molar-refractivity contribution in [2.24, 2.45) is 0 Å². The maximum Gasteiger partial charge on any atom is 0.234 e. The highest BCUT2D eigenvalue weighted by Crippen LogP contribution is 2.29. The molecule has 8 nitrogen and oxygen atoms in total. The van der Waals surface area contributed by atoms with Gasteiger partial charge in [-0.1, -0.05) is 18.2 Å². The van der Waals surface area contributed by atoms with Crippen LogP contribution >= 0.6 is 0 Å². The smallest absolute Gasteiger partial charge is 0.234 e. The van der Waals surface area contributed by atoms with E-state index >= 15 is 0 Å². The minimum absolute atomic E-state index is 0.0707. The number of imidazole rings is 1. The van der Waals surface area contributed by atoms with Crippen LogP contribution < -0.4 is 10.1 Å². The van der Waals surface area contributed by atoms with Crippen molar-refractivity contribution in [2.45, 2.75) is 84.2 Å². The molecule has 2 aromatic carbocycles. The second kappa shape index (κ2) is 13.5. The Morgan fingerprint density at radius 2 is 1.90 bits per heavy atom. The molecule has 2 aliphatic rings. The normalized spacial score (nSPS) is 18.2. The summed E-state index contributed by atoms with van der Waals surface area (Å²) in [6, 6.07) is 12.8. The first-order valence-electron chi connectivity index (χ1n) is 15.3. The predicted molar refractivity (Wildman–Crippen MR) is 162 cm³/mol. The largest absolute Gasteiger partial charge is 0.493 e. The average Bonchev–Trinajstić information content (AvgIpc) is 3.39. The molecular formula is C33H45N5O3. The maximum absolute atomic E-state index is 13.2. The molecule has 1 fully saturated rings. The third kappa shape index (κ3) is 7.67. The van der Waals surface area contributed by atoms with Crippen LogP contribution in [0.2, 0.25) is 0 Å². The number of carbonyl (C=O) groups is 2. The molecule has 0 atom stereocenters. The van der Waals surface area contributed by atoms with Gasteiger partial charge in [-0.15, -0.1) is 0 Å². The molecule has 2 aliphatic heterocycles. The number of hydrogen-bond acceptors (Lipinski definition) is 5. The Bertz CT molecular complexity index is 1340. The van der Waals surface area contributed by atoms with Crippen molar-refractivity contribution in [1.29, 1.82) is 0 Å². The SMILES string of the molecule is Cc1ccc2nc(C3CCN(C(=O)CCc4ccc5c(c4)CN(C(C)C)CC(=O)NCCCCCO5)CC3)[nH]c2c1. The Kier molecular flexibility index (Phi) is 9.60. The molecule has 0 spiro atoms. The van der Waals surface area contributed by atoms with Gasteiger partial charge in [-0.25, -0.2) is 4.98 Å². The van der Waals surface area contributed by atoms with Gasteiger partial charge < -0.3 is 19.9 Å². The number of aromatic amines is 1. The number of aryl methyl sites for hydroxylation is 2. The molecule has 1 aromatic heterocycles. The van der Waals surface area contributed by atoms with Crippen LogP contribution in [-0.4, -0.2) is 70.4 Å². The van der Waals surface area contributed by atoms with Gasteiger partial charge in [0, 0.05) is 50.1 Å². The molecular weight excluding hydrogens is 514 g/mol. The quantitative estimate of drug-likeness (QED) is 0.454. The van der Waals surface area contributed by atoms with E-state index in [4.69, 9.17) is 9.72 Å². The van der Waals surface area contributed by atoms with E-state index in [0.29, 0.717) is 45.0 Å². The van der Waals surface area contributed by atoms with E-state index in [2.05, 4.69) is 66.3 Å². The Balaban J connectivity index is 1.19. The first kappa shape index (κ1) is 29.1. The van der Waals surface area contributed by atoms with Gasteiger partial charge in [-0.2, -0.15) is 0 Å². The van der Waals surface area contributed by atoms with Crippen LogP contribution in [0.5, 0.6) is 5.75 Å². The van der Waals surface area contributed by atoms with Gasteiger partial charge in [-0.05, 0) is 88.6 Å². The molecule has 3 aromatic rings. The lowest BCUT2D eigenvalue weighted by Gasteiger charge is -2.31. The van der Waals surface area contributed by atoms with Crippen LogP contribution in [0.3, 0.4) is 0 Å². The molecule has 0 saturated carbocycles. The number of carbonyl (C=O) groups excluding carboxylic acids is 2. The molecule has 1 saturated heterocycles. The fourth-order valence-electron chi connectivity index (χ4n) is 5.89. The number of benzene rings is 2. The lowest BCUT2D eigenvalue weighted by molar-refractivity contribution is -0.132. The Hall–Kier alpha value is -3.39. The first-order chi connectivity index (χ1) is 19.9. The number of nitrogens with one attached hydrogen (secondary N) is 2. The van der Waals surface area contributed by atoms with Crippen LogP contribution in [0.4, 0.5) is 0 Å². The van der Waals surface area contributed by atoms with Crippen LogP contribution in [0.15, 0.2) is 36.4 Å². The second-order valence-electron chi connectivity index (χ2n) is 12.0. The first-order valence-corrected chi connectivity index (χ1v) is 15.3. The molecule has 41 heavy (non-hydrogen) atoms. The fourth-order valence-corrected chi connectivity index (χ4v) is 5.89. The highest BCUT2D eigenvalue weighted by Gasteiger charge is 2.26. The standard InChI is InChI=1S/C33H45N5O3/c1-23(2)38-21-27-20-25(8-11-30(27)41-18-6-4-5-15-34-31(39)22-38)9-12-32(40)37-16-13-26(14-17-37)33-35-28-10-7-24(3)19-29(28)36-33/h7-8,10-11,19-20,23,26H,4-6,9,12-18,21-22H2,1-3H3,(H,34,39)(H,35,36). The summed E-state index contributed by atoms with van der Waals surface area (Å²) in [6.07, 6.45) is 6.00. The van der Waals surface area contributed by atoms with Crippen molar-refractivity contribution in [3.8, 4) is 5.75 Å². The summed E-state index contributed by atoms with van der Waals surface area (Å²) in [7, 11) is 0. The van der Waals surface area contributed by atoms with Gasteiger partial charge in [-0.3, -0.25) is 14.5 Å². The number of piperidine rings is 1. The number of hydrogen-bond donors (Lipinski definition) is 2. The average molecular weight is 560 g/mol. The molecule has 0 radical (unpaired) electrons. The van der Waals surface area contributed by atoms with E-state index in [-0.39, 0.29) is 17.9 Å². The zero-order valence-electron chi connectivity index (χ0n) is 24.9.